The zero-order valence-corrected chi connectivity index (χ0v) is 11.2. The number of nitrogens with one attached hydrogen (secondary N) is 1. The summed E-state index contributed by atoms with van der Waals surface area (Å²) in [6.07, 6.45) is -0.575. The molecule has 1 unspecified atom stereocenters. The van der Waals surface area contributed by atoms with Crippen LogP contribution in [0.2, 0.25) is 0 Å². The number of hydrogen-bond acceptors (Lipinski definition) is 6. The number of aliphatic hydroxyl groups is 1. The SMILES string of the molecule is COCC(O)CNC(=O)[C@@H](N)Cc1ccc(O)c(O)c1. The molecule has 0 aliphatic carbocycles. The third-order valence-electron chi connectivity index (χ3n) is 2.70. The minimum atomic E-state index is -0.811. The monoisotopic (exact) mass is 284 g/mol. The van der Waals surface area contributed by atoms with E-state index >= 15 is 0 Å². The van der Waals surface area contributed by atoms with E-state index in [-0.39, 0.29) is 31.1 Å². The summed E-state index contributed by atoms with van der Waals surface area (Å²) in [6.45, 7) is 0.183. The second kappa shape index (κ2) is 7.68. The summed E-state index contributed by atoms with van der Waals surface area (Å²) >= 11 is 0. The number of phenols is 2. The summed E-state index contributed by atoms with van der Waals surface area (Å²) < 4.78 is 4.73. The van der Waals surface area contributed by atoms with Crippen molar-refractivity contribution >= 4 is 5.91 Å². The Morgan fingerprint density at radius 1 is 1.40 bits per heavy atom. The highest BCUT2D eigenvalue weighted by atomic mass is 16.5. The quantitative estimate of drug-likeness (QED) is 0.413. The number of carbonyl (C=O) groups is 1. The van der Waals surface area contributed by atoms with Crippen LogP contribution in [0.15, 0.2) is 18.2 Å². The molecule has 6 N–H and O–H groups in total. The average molecular weight is 284 g/mol. The Labute approximate surface area is 117 Å². The van der Waals surface area contributed by atoms with Crippen molar-refractivity contribution in [2.24, 2.45) is 5.73 Å². The maximum Gasteiger partial charge on any atom is 0.237 e. The van der Waals surface area contributed by atoms with Gasteiger partial charge in [0.05, 0.1) is 18.8 Å². The van der Waals surface area contributed by atoms with Crippen molar-refractivity contribution in [3.05, 3.63) is 23.8 Å². The van der Waals surface area contributed by atoms with Crippen LogP contribution in [-0.4, -0.2) is 53.6 Å². The Balaban J connectivity index is 2.46. The number of phenolic OH excluding ortho intramolecular Hbond substituents is 2. The Hall–Kier alpha value is -1.83. The van der Waals surface area contributed by atoms with Crippen molar-refractivity contribution in [1.82, 2.24) is 5.32 Å². The van der Waals surface area contributed by atoms with Crippen LogP contribution in [0.25, 0.3) is 0 Å². The van der Waals surface area contributed by atoms with Gasteiger partial charge < -0.3 is 31.1 Å². The molecule has 0 aromatic heterocycles. The number of aliphatic hydroxyl groups excluding tert-OH is 1. The van der Waals surface area contributed by atoms with Gasteiger partial charge in [-0.2, -0.15) is 0 Å². The predicted molar refractivity (Wildman–Crippen MR) is 72.3 cm³/mol. The standard InChI is InChI=1S/C13H20N2O5/c1-20-7-9(16)6-15-13(19)10(14)4-8-2-3-11(17)12(18)5-8/h2-3,5,9-10,16-18H,4,6-7,14H2,1H3,(H,15,19)/t9?,10-/m0/s1. The van der Waals surface area contributed by atoms with Crippen molar-refractivity contribution < 1.29 is 24.9 Å². The molecule has 0 radical (unpaired) electrons. The number of methoxy groups -OCH3 is 1. The average Bonchev–Trinajstić information content (AvgIpc) is 2.40. The fraction of sp³-hybridized carbons (Fsp3) is 0.462. The molecule has 20 heavy (non-hydrogen) atoms. The molecule has 0 bridgehead atoms. The lowest BCUT2D eigenvalue weighted by Gasteiger charge is -2.15. The summed E-state index contributed by atoms with van der Waals surface area (Å²) in [6, 6.07) is 3.44. The number of hydrogen-bond donors (Lipinski definition) is 5. The van der Waals surface area contributed by atoms with Crippen LogP contribution in [-0.2, 0) is 16.0 Å². The molecule has 7 nitrogen and oxygen atoms in total. The largest absolute Gasteiger partial charge is 0.504 e. The smallest absolute Gasteiger partial charge is 0.237 e. The maximum absolute atomic E-state index is 11.7. The van der Waals surface area contributed by atoms with Crippen LogP contribution in [0.4, 0.5) is 0 Å². The van der Waals surface area contributed by atoms with Crippen molar-refractivity contribution in [2.75, 3.05) is 20.3 Å². The van der Waals surface area contributed by atoms with Crippen LogP contribution < -0.4 is 11.1 Å². The Bertz CT molecular complexity index is 452. The summed E-state index contributed by atoms with van der Waals surface area (Å²) in [5.74, 6) is -0.896. The van der Waals surface area contributed by atoms with E-state index in [1.165, 1.54) is 19.2 Å². The normalized spacial score (nSPS) is 13.8. The van der Waals surface area contributed by atoms with Gasteiger partial charge in [-0.15, -0.1) is 0 Å². The molecule has 0 fully saturated rings. The number of carbonyl (C=O) groups excluding carboxylic acids is 1. The van der Waals surface area contributed by atoms with E-state index in [1.54, 1.807) is 6.07 Å². The van der Waals surface area contributed by atoms with E-state index < -0.39 is 18.1 Å². The van der Waals surface area contributed by atoms with Crippen molar-refractivity contribution in [2.45, 2.75) is 18.6 Å². The Morgan fingerprint density at radius 3 is 2.70 bits per heavy atom. The molecule has 1 aromatic rings. The van der Waals surface area contributed by atoms with E-state index in [9.17, 15) is 20.1 Å². The van der Waals surface area contributed by atoms with E-state index in [4.69, 9.17) is 10.5 Å². The summed E-state index contributed by atoms with van der Waals surface area (Å²) in [4.78, 5) is 11.7. The molecule has 1 aromatic carbocycles. The molecule has 112 valence electrons. The first-order valence-electron chi connectivity index (χ1n) is 6.15. The van der Waals surface area contributed by atoms with Crippen LogP contribution in [0.3, 0.4) is 0 Å². The zero-order chi connectivity index (χ0) is 15.1. The molecule has 0 aliphatic heterocycles. The van der Waals surface area contributed by atoms with E-state index in [2.05, 4.69) is 5.32 Å². The van der Waals surface area contributed by atoms with Gasteiger partial charge in [-0.05, 0) is 24.1 Å². The van der Waals surface area contributed by atoms with E-state index in [0.29, 0.717) is 5.56 Å². The van der Waals surface area contributed by atoms with Gasteiger partial charge in [0.25, 0.3) is 0 Å². The first-order chi connectivity index (χ1) is 9.43. The van der Waals surface area contributed by atoms with Gasteiger partial charge in [0.1, 0.15) is 0 Å². The molecule has 0 saturated heterocycles. The van der Waals surface area contributed by atoms with E-state index in [0.717, 1.165) is 0 Å². The van der Waals surface area contributed by atoms with Gasteiger partial charge in [0.2, 0.25) is 5.91 Å². The van der Waals surface area contributed by atoms with Gasteiger partial charge in [-0.25, -0.2) is 0 Å². The number of nitrogens with two attached hydrogens (primary N) is 1. The second-order valence-corrected chi connectivity index (χ2v) is 4.49. The van der Waals surface area contributed by atoms with Crippen LogP contribution in [0, 0.1) is 0 Å². The molecule has 1 amide bonds. The van der Waals surface area contributed by atoms with Gasteiger partial charge in [-0.3, -0.25) is 4.79 Å². The van der Waals surface area contributed by atoms with Gasteiger partial charge in [0.15, 0.2) is 11.5 Å². The zero-order valence-electron chi connectivity index (χ0n) is 11.2. The highest BCUT2D eigenvalue weighted by Gasteiger charge is 2.16. The molecule has 7 heteroatoms. The Kier molecular flexibility index (Phi) is 6.23. The third-order valence-corrected chi connectivity index (χ3v) is 2.70. The topological polar surface area (TPSA) is 125 Å². The minimum Gasteiger partial charge on any atom is -0.504 e. The molecule has 2 atom stereocenters. The first kappa shape index (κ1) is 16.2. The third kappa shape index (κ3) is 5.04. The number of benzene rings is 1. The number of rotatable bonds is 7. The molecule has 0 saturated carbocycles. The second-order valence-electron chi connectivity index (χ2n) is 4.49. The van der Waals surface area contributed by atoms with Crippen molar-refractivity contribution in [3.8, 4) is 11.5 Å². The lowest BCUT2D eigenvalue weighted by Crippen LogP contribution is -2.45. The molecular formula is C13H20N2O5. The van der Waals surface area contributed by atoms with Crippen LogP contribution in [0.5, 0.6) is 11.5 Å². The fourth-order valence-corrected chi connectivity index (χ4v) is 1.64. The Morgan fingerprint density at radius 2 is 2.10 bits per heavy atom. The molecule has 0 heterocycles. The van der Waals surface area contributed by atoms with Crippen molar-refractivity contribution in [3.63, 3.8) is 0 Å². The first-order valence-corrected chi connectivity index (χ1v) is 6.15. The molecule has 0 spiro atoms. The lowest BCUT2D eigenvalue weighted by molar-refractivity contribution is -0.122. The van der Waals surface area contributed by atoms with Crippen LogP contribution in [0.1, 0.15) is 5.56 Å². The minimum absolute atomic E-state index is 0.0567. The highest BCUT2D eigenvalue weighted by Crippen LogP contribution is 2.25. The van der Waals surface area contributed by atoms with Gasteiger partial charge in [-0.1, -0.05) is 6.07 Å². The van der Waals surface area contributed by atoms with Crippen molar-refractivity contribution in [1.29, 1.82) is 0 Å². The molecular weight excluding hydrogens is 264 g/mol. The van der Waals surface area contributed by atoms with Gasteiger partial charge >= 0.3 is 0 Å². The predicted octanol–water partition coefficient (Wildman–Crippen LogP) is -0.909. The summed E-state index contributed by atoms with van der Waals surface area (Å²) in [5, 5.41) is 30.4. The maximum atomic E-state index is 11.7. The number of ether oxygens (including phenoxy) is 1. The lowest BCUT2D eigenvalue weighted by atomic mass is 10.1. The summed E-state index contributed by atoms with van der Waals surface area (Å²) in [5.41, 5.74) is 6.35. The van der Waals surface area contributed by atoms with Crippen LogP contribution >= 0.6 is 0 Å². The number of aromatic hydroxyl groups is 2. The van der Waals surface area contributed by atoms with E-state index in [1.807, 2.05) is 0 Å². The number of amides is 1. The fourth-order valence-electron chi connectivity index (χ4n) is 1.64. The molecule has 0 aliphatic rings. The highest BCUT2D eigenvalue weighted by molar-refractivity contribution is 5.81. The molecule has 1 rings (SSSR count). The summed E-state index contributed by atoms with van der Waals surface area (Å²) in [7, 11) is 1.45. The van der Waals surface area contributed by atoms with Gasteiger partial charge in [0, 0.05) is 13.7 Å².